The van der Waals surface area contributed by atoms with Crippen LogP contribution in [0.3, 0.4) is 0 Å². The van der Waals surface area contributed by atoms with Gasteiger partial charge in [-0.3, -0.25) is 9.79 Å². The SMILES string of the molecule is CN=C(NCc1ccc(C(N)=O)cc1)N(C)Cc1ccc(OC)cc1. The van der Waals surface area contributed by atoms with Gasteiger partial charge in [-0.1, -0.05) is 24.3 Å². The maximum absolute atomic E-state index is 11.1. The Morgan fingerprint density at radius 1 is 1.12 bits per heavy atom. The predicted octanol–water partition coefficient (Wildman–Crippen LogP) is 2.00. The van der Waals surface area contributed by atoms with E-state index in [4.69, 9.17) is 10.5 Å². The minimum atomic E-state index is -0.422. The molecule has 0 spiro atoms. The zero-order valence-electron chi connectivity index (χ0n) is 14.8. The summed E-state index contributed by atoms with van der Waals surface area (Å²) in [7, 11) is 5.39. The number of carbonyl (C=O) groups excluding carboxylic acids is 1. The van der Waals surface area contributed by atoms with Crippen molar-refractivity contribution in [2.75, 3.05) is 21.2 Å². The minimum Gasteiger partial charge on any atom is -0.497 e. The Morgan fingerprint density at radius 3 is 2.24 bits per heavy atom. The Hall–Kier alpha value is -3.02. The number of nitrogens with two attached hydrogens (primary N) is 1. The molecule has 6 heteroatoms. The molecule has 1 amide bonds. The van der Waals surface area contributed by atoms with Crippen LogP contribution in [0.25, 0.3) is 0 Å². The van der Waals surface area contributed by atoms with E-state index in [1.54, 1.807) is 26.3 Å². The van der Waals surface area contributed by atoms with Gasteiger partial charge in [-0.15, -0.1) is 0 Å². The summed E-state index contributed by atoms with van der Waals surface area (Å²) in [4.78, 5) is 17.5. The van der Waals surface area contributed by atoms with E-state index in [9.17, 15) is 4.79 Å². The predicted molar refractivity (Wildman–Crippen MR) is 99.6 cm³/mol. The molecule has 2 rings (SSSR count). The molecule has 25 heavy (non-hydrogen) atoms. The number of rotatable bonds is 6. The van der Waals surface area contributed by atoms with Gasteiger partial charge in [0, 0.05) is 32.7 Å². The Morgan fingerprint density at radius 2 is 1.72 bits per heavy atom. The van der Waals surface area contributed by atoms with Crippen LogP contribution in [-0.2, 0) is 13.1 Å². The molecule has 2 aromatic carbocycles. The normalized spacial score (nSPS) is 11.1. The summed E-state index contributed by atoms with van der Waals surface area (Å²) in [6, 6.07) is 15.2. The topological polar surface area (TPSA) is 79.9 Å². The van der Waals surface area contributed by atoms with Gasteiger partial charge in [-0.25, -0.2) is 0 Å². The molecule has 0 unspecified atom stereocenters. The second-order valence-corrected chi connectivity index (χ2v) is 5.67. The van der Waals surface area contributed by atoms with E-state index in [1.807, 2.05) is 48.3 Å². The zero-order chi connectivity index (χ0) is 18.2. The number of aliphatic imine (C=N–C) groups is 1. The molecule has 0 aliphatic carbocycles. The van der Waals surface area contributed by atoms with Crippen LogP contribution in [0.1, 0.15) is 21.5 Å². The molecular formula is C19H24N4O2. The molecule has 0 fully saturated rings. The molecule has 0 bridgehead atoms. The third-order valence-electron chi connectivity index (χ3n) is 3.84. The van der Waals surface area contributed by atoms with Crippen LogP contribution < -0.4 is 15.8 Å². The van der Waals surface area contributed by atoms with Gasteiger partial charge in [-0.2, -0.15) is 0 Å². The molecule has 3 N–H and O–H groups in total. The summed E-state index contributed by atoms with van der Waals surface area (Å²) in [5.41, 5.74) is 7.96. The number of amides is 1. The van der Waals surface area contributed by atoms with Crippen molar-refractivity contribution < 1.29 is 9.53 Å². The van der Waals surface area contributed by atoms with Crippen molar-refractivity contribution in [1.29, 1.82) is 0 Å². The first-order valence-electron chi connectivity index (χ1n) is 7.97. The molecule has 0 atom stereocenters. The second-order valence-electron chi connectivity index (χ2n) is 5.67. The van der Waals surface area contributed by atoms with Gasteiger partial charge in [0.1, 0.15) is 5.75 Å². The molecule has 0 aliphatic rings. The van der Waals surface area contributed by atoms with E-state index in [-0.39, 0.29) is 0 Å². The smallest absolute Gasteiger partial charge is 0.248 e. The van der Waals surface area contributed by atoms with Crippen LogP contribution in [0.15, 0.2) is 53.5 Å². The van der Waals surface area contributed by atoms with Crippen LogP contribution in [0, 0.1) is 0 Å². The van der Waals surface area contributed by atoms with Crippen LogP contribution in [0.5, 0.6) is 5.75 Å². The number of ether oxygens (including phenoxy) is 1. The summed E-state index contributed by atoms with van der Waals surface area (Å²) < 4.78 is 5.17. The Labute approximate surface area is 148 Å². The average Bonchev–Trinajstić information content (AvgIpc) is 2.63. The van der Waals surface area contributed by atoms with Crippen molar-refractivity contribution in [2.45, 2.75) is 13.1 Å². The Balaban J connectivity index is 1.93. The van der Waals surface area contributed by atoms with Crippen molar-refractivity contribution in [3.05, 3.63) is 65.2 Å². The standard InChI is InChI=1S/C19H24N4O2/c1-21-19(22-12-14-4-8-16(9-5-14)18(20)24)23(2)13-15-6-10-17(25-3)11-7-15/h4-11H,12-13H2,1-3H3,(H2,20,24)(H,21,22). The van der Waals surface area contributed by atoms with Gasteiger partial charge in [0.25, 0.3) is 0 Å². The van der Waals surface area contributed by atoms with Crippen molar-refractivity contribution >= 4 is 11.9 Å². The van der Waals surface area contributed by atoms with Crippen LogP contribution in [-0.4, -0.2) is 38.0 Å². The number of hydrogen-bond donors (Lipinski definition) is 2. The monoisotopic (exact) mass is 340 g/mol. The third kappa shape index (κ3) is 5.24. The summed E-state index contributed by atoms with van der Waals surface area (Å²) >= 11 is 0. The van der Waals surface area contributed by atoms with Gasteiger partial charge >= 0.3 is 0 Å². The van der Waals surface area contributed by atoms with E-state index in [1.165, 1.54) is 0 Å². The second kappa shape index (κ2) is 8.73. The summed E-state index contributed by atoms with van der Waals surface area (Å²) in [6.45, 7) is 1.34. The van der Waals surface area contributed by atoms with Crippen molar-refractivity contribution in [2.24, 2.45) is 10.7 Å². The van der Waals surface area contributed by atoms with E-state index in [2.05, 4.69) is 10.3 Å². The molecule has 0 heterocycles. The number of primary amides is 1. The lowest BCUT2D eigenvalue weighted by Crippen LogP contribution is -2.38. The molecule has 0 aromatic heterocycles. The first kappa shape index (κ1) is 18.3. The van der Waals surface area contributed by atoms with Crippen LogP contribution >= 0.6 is 0 Å². The number of guanidine groups is 1. The van der Waals surface area contributed by atoms with Crippen molar-refractivity contribution in [3.8, 4) is 5.75 Å². The van der Waals surface area contributed by atoms with E-state index in [0.717, 1.165) is 29.4 Å². The molecule has 0 radical (unpaired) electrons. The fourth-order valence-corrected chi connectivity index (χ4v) is 2.43. The minimum absolute atomic E-state index is 0.422. The lowest BCUT2D eigenvalue weighted by atomic mass is 10.1. The fourth-order valence-electron chi connectivity index (χ4n) is 2.43. The number of carbonyl (C=O) groups is 1. The van der Waals surface area contributed by atoms with Gasteiger partial charge in [0.05, 0.1) is 7.11 Å². The highest BCUT2D eigenvalue weighted by atomic mass is 16.5. The van der Waals surface area contributed by atoms with Gasteiger partial charge in [0.15, 0.2) is 5.96 Å². The Kier molecular flexibility index (Phi) is 6.39. The first-order valence-corrected chi connectivity index (χ1v) is 7.97. The summed E-state index contributed by atoms with van der Waals surface area (Å²) in [5, 5.41) is 3.31. The molecule has 0 saturated carbocycles. The highest BCUT2D eigenvalue weighted by Crippen LogP contribution is 2.12. The highest BCUT2D eigenvalue weighted by molar-refractivity contribution is 5.92. The molecule has 132 valence electrons. The number of nitrogens with one attached hydrogen (secondary N) is 1. The molecule has 6 nitrogen and oxygen atoms in total. The third-order valence-corrected chi connectivity index (χ3v) is 3.84. The average molecular weight is 340 g/mol. The first-order chi connectivity index (χ1) is 12.0. The number of methoxy groups -OCH3 is 1. The number of hydrogen-bond acceptors (Lipinski definition) is 3. The number of benzene rings is 2. The van der Waals surface area contributed by atoms with Crippen molar-refractivity contribution in [1.82, 2.24) is 10.2 Å². The maximum atomic E-state index is 11.1. The molecular weight excluding hydrogens is 316 g/mol. The largest absolute Gasteiger partial charge is 0.497 e. The number of nitrogens with zero attached hydrogens (tertiary/aromatic N) is 2. The van der Waals surface area contributed by atoms with Crippen LogP contribution in [0.2, 0.25) is 0 Å². The quantitative estimate of drug-likeness (QED) is 0.623. The maximum Gasteiger partial charge on any atom is 0.248 e. The molecule has 2 aromatic rings. The molecule has 0 saturated heterocycles. The van der Waals surface area contributed by atoms with Gasteiger partial charge < -0.3 is 20.7 Å². The van der Waals surface area contributed by atoms with E-state index >= 15 is 0 Å². The van der Waals surface area contributed by atoms with Gasteiger partial charge in [0.2, 0.25) is 5.91 Å². The van der Waals surface area contributed by atoms with Crippen LogP contribution in [0.4, 0.5) is 0 Å². The fraction of sp³-hybridized carbons (Fsp3) is 0.263. The van der Waals surface area contributed by atoms with Gasteiger partial charge in [-0.05, 0) is 35.4 Å². The highest BCUT2D eigenvalue weighted by Gasteiger charge is 2.07. The Bertz CT molecular complexity index is 724. The zero-order valence-corrected chi connectivity index (χ0v) is 14.8. The van der Waals surface area contributed by atoms with E-state index in [0.29, 0.717) is 12.1 Å². The van der Waals surface area contributed by atoms with Crippen molar-refractivity contribution in [3.63, 3.8) is 0 Å². The summed E-state index contributed by atoms with van der Waals surface area (Å²) in [5.74, 6) is 1.21. The van der Waals surface area contributed by atoms with E-state index < -0.39 is 5.91 Å². The lowest BCUT2D eigenvalue weighted by molar-refractivity contribution is 0.100. The summed E-state index contributed by atoms with van der Waals surface area (Å²) in [6.07, 6.45) is 0. The molecule has 0 aliphatic heterocycles. The lowest BCUT2D eigenvalue weighted by Gasteiger charge is -2.22.